The number of rotatable bonds is 4. The number of aromatic nitrogens is 2. The number of hydrogen-bond acceptors (Lipinski definition) is 3. The topological polar surface area (TPSA) is 41.3 Å². The second-order valence-electron chi connectivity index (χ2n) is 4.91. The largest absolute Gasteiger partial charge is 0.382 e. The number of piperidine rings is 1. The molecule has 2 rings (SSSR count). The summed E-state index contributed by atoms with van der Waals surface area (Å²) >= 11 is 0. The number of hydrogen-bond donors (Lipinski definition) is 1. The monoisotopic (exact) mass is 237 g/mol. The van der Waals surface area contributed by atoms with Crippen LogP contribution in [0.5, 0.6) is 0 Å². The summed E-state index contributed by atoms with van der Waals surface area (Å²) in [4.78, 5) is 6.77. The maximum atomic E-state index is 10.7. The van der Waals surface area contributed by atoms with Gasteiger partial charge in [0.15, 0.2) is 0 Å². The molecular weight excluding hydrogens is 214 g/mol. The second kappa shape index (κ2) is 5.19. The van der Waals surface area contributed by atoms with Crippen LogP contribution in [0, 0.1) is 0 Å². The molecule has 2 heterocycles. The van der Waals surface area contributed by atoms with Gasteiger partial charge in [0, 0.05) is 32.0 Å². The molecule has 0 unspecified atom stereocenters. The molecule has 1 fully saturated rings. The molecule has 1 N–H and O–H groups in total. The summed E-state index contributed by atoms with van der Waals surface area (Å²) < 4.78 is 2.05. The number of likely N-dealkylation sites (tertiary alicyclic amines) is 1. The number of aryl methyl sites for hydroxylation is 1. The van der Waals surface area contributed by atoms with E-state index in [4.69, 9.17) is 0 Å². The fourth-order valence-electron chi connectivity index (χ4n) is 2.66. The van der Waals surface area contributed by atoms with Crippen molar-refractivity contribution in [2.24, 2.45) is 0 Å². The van der Waals surface area contributed by atoms with Crippen LogP contribution in [0.4, 0.5) is 0 Å². The smallest absolute Gasteiger partial charge is 0.140 e. The molecule has 1 aliphatic heterocycles. The van der Waals surface area contributed by atoms with E-state index in [-0.39, 0.29) is 0 Å². The van der Waals surface area contributed by atoms with E-state index in [2.05, 4.69) is 28.3 Å². The van der Waals surface area contributed by atoms with Crippen LogP contribution in [0.15, 0.2) is 12.4 Å². The molecule has 1 saturated heterocycles. The average Bonchev–Trinajstić information content (AvgIpc) is 2.81. The third kappa shape index (κ3) is 2.53. The standard InChI is InChI=1S/C13H23N3O/c1-3-8-15-9-5-13(17,6-10-15)12-14-7-11-16(12)4-2/h7,11,17H,3-6,8-10H2,1-2H3. The first-order chi connectivity index (χ1) is 8.19. The Balaban J connectivity index is 2.06. The predicted octanol–water partition coefficient (Wildman–Crippen LogP) is 1.60. The SMILES string of the molecule is CCCN1CCC(O)(c2nccn2CC)CC1. The first-order valence-electron chi connectivity index (χ1n) is 6.66. The highest BCUT2D eigenvalue weighted by molar-refractivity contribution is 5.07. The molecule has 0 spiro atoms. The van der Waals surface area contributed by atoms with Crippen LogP contribution in [0.3, 0.4) is 0 Å². The lowest BCUT2D eigenvalue weighted by molar-refractivity contribution is -0.0352. The Morgan fingerprint density at radius 3 is 2.65 bits per heavy atom. The van der Waals surface area contributed by atoms with Gasteiger partial charge >= 0.3 is 0 Å². The van der Waals surface area contributed by atoms with Gasteiger partial charge in [-0.1, -0.05) is 6.92 Å². The van der Waals surface area contributed by atoms with Crippen molar-refractivity contribution in [1.29, 1.82) is 0 Å². The summed E-state index contributed by atoms with van der Waals surface area (Å²) in [5.41, 5.74) is -0.719. The van der Waals surface area contributed by atoms with Gasteiger partial charge in [-0.3, -0.25) is 0 Å². The molecular formula is C13H23N3O. The van der Waals surface area contributed by atoms with Crippen LogP contribution in [0.2, 0.25) is 0 Å². The van der Waals surface area contributed by atoms with E-state index in [1.807, 2.05) is 6.20 Å². The van der Waals surface area contributed by atoms with Crippen molar-refractivity contribution in [3.63, 3.8) is 0 Å². The van der Waals surface area contributed by atoms with Gasteiger partial charge in [0.1, 0.15) is 11.4 Å². The molecule has 96 valence electrons. The van der Waals surface area contributed by atoms with E-state index in [0.717, 1.165) is 44.8 Å². The highest BCUT2D eigenvalue weighted by atomic mass is 16.3. The molecule has 17 heavy (non-hydrogen) atoms. The van der Waals surface area contributed by atoms with Gasteiger partial charge in [-0.05, 0) is 32.7 Å². The van der Waals surface area contributed by atoms with Gasteiger partial charge in [-0.2, -0.15) is 0 Å². The van der Waals surface area contributed by atoms with E-state index >= 15 is 0 Å². The van der Waals surface area contributed by atoms with Gasteiger partial charge in [0.2, 0.25) is 0 Å². The molecule has 0 radical (unpaired) electrons. The molecule has 0 atom stereocenters. The van der Waals surface area contributed by atoms with E-state index in [9.17, 15) is 5.11 Å². The third-order valence-corrected chi connectivity index (χ3v) is 3.70. The zero-order valence-electron chi connectivity index (χ0n) is 10.9. The zero-order chi connectivity index (χ0) is 12.3. The molecule has 0 aromatic carbocycles. The Kier molecular flexibility index (Phi) is 3.84. The minimum atomic E-state index is -0.719. The third-order valence-electron chi connectivity index (χ3n) is 3.70. The minimum Gasteiger partial charge on any atom is -0.382 e. The summed E-state index contributed by atoms with van der Waals surface area (Å²) in [6.45, 7) is 8.24. The second-order valence-corrected chi connectivity index (χ2v) is 4.91. The fraction of sp³-hybridized carbons (Fsp3) is 0.769. The van der Waals surface area contributed by atoms with Crippen molar-refractivity contribution in [3.8, 4) is 0 Å². The van der Waals surface area contributed by atoms with Crippen LogP contribution in [0.1, 0.15) is 38.9 Å². The highest BCUT2D eigenvalue weighted by Crippen LogP contribution is 2.31. The lowest BCUT2D eigenvalue weighted by Gasteiger charge is -2.37. The lowest BCUT2D eigenvalue weighted by atomic mass is 9.90. The highest BCUT2D eigenvalue weighted by Gasteiger charge is 2.36. The van der Waals surface area contributed by atoms with Crippen molar-refractivity contribution >= 4 is 0 Å². The minimum absolute atomic E-state index is 0.719. The van der Waals surface area contributed by atoms with Crippen LogP contribution < -0.4 is 0 Å². The Morgan fingerprint density at radius 2 is 2.06 bits per heavy atom. The van der Waals surface area contributed by atoms with Crippen molar-refractivity contribution in [2.45, 2.75) is 45.3 Å². The normalized spacial score (nSPS) is 20.6. The van der Waals surface area contributed by atoms with E-state index in [0.29, 0.717) is 0 Å². The molecule has 1 aliphatic rings. The maximum Gasteiger partial charge on any atom is 0.140 e. The summed E-state index contributed by atoms with van der Waals surface area (Å²) in [7, 11) is 0. The fourth-order valence-corrected chi connectivity index (χ4v) is 2.66. The Morgan fingerprint density at radius 1 is 1.35 bits per heavy atom. The molecule has 0 aliphatic carbocycles. The molecule has 4 heteroatoms. The van der Waals surface area contributed by atoms with Crippen LogP contribution in [0.25, 0.3) is 0 Å². The maximum absolute atomic E-state index is 10.7. The molecule has 0 bridgehead atoms. The van der Waals surface area contributed by atoms with Crippen LogP contribution in [-0.2, 0) is 12.1 Å². The Bertz CT molecular complexity index is 353. The van der Waals surface area contributed by atoms with Crippen molar-refractivity contribution in [2.75, 3.05) is 19.6 Å². The van der Waals surface area contributed by atoms with Crippen LogP contribution in [-0.4, -0.2) is 39.2 Å². The number of aliphatic hydroxyl groups is 1. The Hall–Kier alpha value is -0.870. The van der Waals surface area contributed by atoms with E-state index in [1.165, 1.54) is 6.42 Å². The average molecular weight is 237 g/mol. The van der Waals surface area contributed by atoms with Crippen molar-refractivity contribution < 1.29 is 5.11 Å². The van der Waals surface area contributed by atoms with Gasteiger partial charge in [-0.15, -0.1) is 0 Å². The quantitative estimate of drug-likeness (QED) is 0.864. The zero-order valence-corrected chi connectivity index (χ0v) is 10.9. The summed E-state index contributed by atoms with van der Waals surface area (Å²) in [5.74, 6) is 0.844. The summed E-state index contributed by atoms with van der Waals surface area (Å²) in [5, 5.41) is 10.7. The van der Waals surface area contributed by atoms with Crippen molar-refractivity contribution in [3.05, 3.63) is 18.2 Å². The molecule has 4 nitrogen and oxygen atoms in total. The van der Waals surface area contributed by atoms with E-state index < -0.39 is 5.60 Å². The van der Waals surface area contributed by atoms with Gasteiger partial charge in [-0.25, -0.2) is 4.98 Å². The van der Waals surface area contributed by atoms with Crippen molar-refractivity contribution in [1.82, 2.24) is 14.5 Å². The lowest BCUT2D eigenvalue weighted by Crippen LogP contribution is -2.44. The Labute approximate surface area is 103 Å². The molecule has 1 aromatic rings. The number of imidazole rings is 1. The van der Waals surface area contributed by atoms with Crippen LogP contribution >= 0.6 is 0 Å². The number of nitrogens with zero attached hydrogens (tertiary/aromatic N) is 3. The molecule has 0 amide bonds. The van der Waals surface area contributed by atoms with Gasteiger partial charge < -0.3 is 14.6 Å². The molecule has 1 aromatic heterocycles. The first kappa shape index (κ1) is 12.6. The first-order valence-corrected chi connectivity index (χ1v) is 6.66. The molecule has 0 saturated carbocycles. The summed E-state index contributed by atoms with van der Waals surface area (Å²) in [6.07, 6.45) is 6.51. The predicted molar refractivity (Wildman–Crippen MR) is 67.8 cm³/mol. The summed E-state index contributed by atoms with van der Waals surface area (Å²) in [6, 6.07) is 0. The van der Waals surface area contributed by atoms with Gasteiger partial charge in [0.25, 0.3) is 0 Å². The van der Waals surface area contributed by atoms with Gasteiger partial charge in [0.05, 0.1) is 0 Å². The van der Waals surface area contributed by atoms with E-state index in [1.54, 1.807) is 6.20 Å².